The second kappa shape index (κ2) is 4.97. The first kappa shape index (κ1) is 12.5. The van der Waals surface area contributed by atoms with E-state index in [1.54, 1.807) is 0 Å². The molecule has 1 saturated heterocycles. The minimum Gasteiger partial charge on any atom is -0.345 e. The molecule has 0 aromatic heterocycles. The molecular weight excluding hydrogens is 188 g/mol. The summed E-state index contributed by atoms with van der Waals surface area (Å²) in [6, 6.07) is 0. The van der Waals surface area contributed by atoms with E-state index in [-0.39, 0.29) is 11.3 Å². The Bertz CT molecular complexity index is 214. The molecule has 3 heteroatoms. The summed E-state index contributed by atoms with van der Waals surface area (Å²) in [7, 11) is 1.92. The van der Waals surface area contributed by atoms with Crippen LogP contribution in [0.2, 0.25) is 0 Å². The highest BCUT2D eigenvalue weighted by Crippen LogP contribution is 2.18. The maximum atomic E-state index is 12.1. The van der Waals surface area contributed by atoms with Gasteiger partial charge in [-0.15, -0.1) is 0 Å². The number of amides is 1. The van der Waals surface area contributed by atoms with Gasteiger partial charge in [0.15, 0.2) is 0 Å². The van der Waals surface area contributed by atoms with Gasteiger partial charge in [0.25, 0.3) is 0 Å². The number of nitrogens with one attached hydrogen (secondary N) is 1. The molecule has 1 N–H and O–H groups in total. The van der Waals surface area contributed by atoms with E-state index >= 15 is 0 Å². The Hall–Kier alpha value is -0.570. The van der Waals surface area contributed by atoms with Crippen LogP contribution in [0.15, 0.2) is 0 Å². The van der Waals surface area contributed by atoms with Gasteiger partial charge in [0.05, 0.1) is 5.92 Å². The number of hydrogen-bond donors (Lipinski definition) is 1. The van der Waals surface area contributed by atoms with Crippen LogP contribution in [0.3, 0.4) is 0 Å². The van der Waals surface area contributed by atoms with Gasteiger partial charge in [0, 0.05) is 20.1 Å². The van der Waals surface area contributed by atoms with Crippen molar-refractivity contribution in [1.29, 1.82) is 0 Å². The third kappa shape index (κ3) is 4.20. The van der Waals surface area contributed by atoms with Gasteiger partial charge in [-0.05, 0) is 24.8 Å². The minimum atomic E-state index is 0.187. The van der Waals surface area contributed by atoms with E-state index in [2.05, 4.69) is 26.1 Å². The van der Waals surface area contributed by atoms with Gasteiger partial charge in [-0.2, -0.15) is 0 Å². The van der Waals surface area contributed by atoms with Gasteiger partial charge in [-0.25, -0.2) is 0 Å². The van der Waals surface area contributed by atoms with E-state index < -0.39 is 0 Å². The maximum absolute atomic E-state index is 12.1. The van der Waals surface area contributed by atoms with Crippen molar-refractivity contribution < 1.29 is 4.79 Å². The SMILES string of the molecule is CN(CC(C)(C)C)C(=O)[C@H]1CCCNC1. The van der Waals surface area contributed by atoms with Gasteiger partial charge in [-0.1, -0.05) is 20.8 Å². The number of rotatable bonds is 2. The first-order chi connectivity index (χ1) is 6.90. The largest absolute Gasteiger partial charge is 0.345 e. The van der Waals surface area contributed by atoms with Crippen LogP contribution in [0.1, 0.15) is 33.6 Å². The summed E-state index contributed by atoms with van der Waals surface area (Å²) in [6.07, 6.45) is 2.17. The molecule has 1 rings (SSSR count). The van der Waals surface area contributed by atoms with Crippen LogP contribution in [-0.4, -0.2) is 37.5 Å². The maximum Gasteiger partial charge on any atom is 0.226 e. The van der Waals surface area contributed by atoms with E-state index in [4.69, 9.17) is 0 Å². The normalized spacial score (nSPS) is 22.5. The van der Waals surface area contributed by atoms with Gasteiger partial charge in [-0.3, -0.25) is 4.79 Å². The second-order valence-corrected chi connectivity index (χ2v) is 5.80. The molecule has 88 valence electrons. The highest BCUT2D eigenvalue weighted by molar-refractivity contribution is 5.79. The van der Waals surface area contributed by atoms with E-state index in [1.807, 2.05) is 11.9 Å². The summed E-state index contributed by atoms with van der Waals surface area (Å²) in [5.74, 6) is 0.503. The molecule has 0 aliphatic carbocycles. The van der Waals surface area contributed by atoms with Crippen LogP contribution in [-0.2, 0) is 4.79 Å². The Morgan fingerprint density at radius 2 is 2.13 bits per heavy atom. The summed E-state index contributed by atoms with van der Waals surface area (Å²) in [4.78, 5) is 13.9. The molecule has 3 nitrogen and oxygen atoms in total. The Balaban J connectivity index is 2.44. The van der Waals surface area contributed by atoms with Crippen molar-refractivity contribution >= 4 is 5.91 Å². The molecule has 0 bridgehead atoms. The molecule has 1 aliphatic rings. The van der Waals surface area contributed by atoms with Crippen LogP contribution < -0.4 is 5.32 Å². The van der Waals surface area contributed by atoms with Crippen molar-refractivity contribution in [3.63, 3.8) is 0 Å². The third-order valence-corrected chi connectivity index (χ3v) is 2.73. The van der Waals surface area contributed by atoms with Gasteiger partial charge >= 0.3 is 0 Å². The van der Waals surface area contributed by atoms with E-state index in [9.17, 15) is 4.79 Å². The van der Waals surface area contributed by atoms with Crippen molar-refractivity contribution in [3.8, 4) is 0 Å². The zero-order valence-corrected chi connectivity index (χ0v) is 10.5. The Labute approximate surface area is 93.2 Å². The summed E-state index contributed by atoms with van der Waals surface area (Å²) < 4.78 is 0. The number of nitrogens with zero attached hydrogens (tertiary/aromatic N) is 1. The topological polar surface area (TPSA) is 32.3 Å². The first-order valence-corrected chi connectivity index (χ1v) is 5.86. The van der Waals surface area contributed by atoms with E-state index in [1.165, 1.54) is 0 Å². The lowest BCUT2D eigenvalue weighted by Gasteiger charge is -2.31. The van der Waals surface area contributed by atoms with Crippen molar-refractivity contribution in [2.75, 3.05) is 26.7 Å². The van der Waals surface area contributed by atoms with Crippen LogP contribution in [0.5, 0.6) is 0 Å². The molecule has 1 heterocycles. The molecule has 0 radical (unpaired) electrons. The Morgan fingerprint density at radius 3 is 2.60 bits per heavy atom. The lowest BCUT2D eigenvalue weighted by Crippen LogP contribution is -2.43. The lowest BCUT2D eigenvalue weighted by molar-refractivity contribution is -0.135. The quantitative estimate of drug-likeness (QED) is 0.752. The van der Waals surface area contributed by atoms with Crippen molar-refractivity contribution in [3.05, 3.63) is 0 Å². The molecule has 1 atom stereocenters. The third-order valence-electron chi connectivity index (χ3n) is 2.73. The smallest absolute Gasteiger partial charge is 0.226 e. The van der Waals surface area contributed by atoms with E-state index in [0.717, 1.165) is 32.5 Å². The summed E-state index contributed by atoms with van der Waals surface area (Å²) in [6.45, 7) is 9.24. The number of piperidine rings is 1. The van der Waals surface area contributed by atoms with Crippen molar-refractivity contribution in [2.24, 2.45) is 11.3 Å². The Morgan fingerprint density at radius 1 is 1.47 bits per heavy atom. The van der Waals surface area contributed by atoms with Crippen LogP contribution in [0, 0.1) is 11.3 Å². The molecular formula is C12H24N2O. The summed E-state index contributed by atoms with van der Waals surface area (Å²) >= 11 is 0. The predicted octanol–water partition coefficient (Wildman–Crippen LogP) is 1.49. The average Bonchev–Trinajstić information content (AvgIpc) is 2.15. The van der Waals surface area contributed by atoms with E-state index in [0.29, 0.717) is 5.91 Å². The van der Waals surface area contributed by atoms with Gasteiger partial charge < -0.3 is 10.2 Å². The molecule has 0 aromatic rings. The number of carbonyl (C=O) groups excluding carboxylic acids is 1. The van der Waals surface area contributed by atoms with Crippen LogP contribution in [0.4, 0.5) is 0 Å². The number of hydrogen-bond acceptors (Lipinski definition) is 2. The summed E-state index contributed by atoms with van der Waals surface area (Å²) in [5, 5.41) is 3.29. The monoisotopic (exact) mass is 212 g/mol. The fourth-order valence-corrected chi connectivity index (χ4v) is 2.16. The predicted molar refractivity (Wildman–Crippen MR) is 62.7 cm³/mol. The highest BCUT2D eigenvalue weighted by Gasteiger charge is 2.26. The standard InChI is InChI=1S/C12H24N2O/c1-12(2,3)9-14(4)11(15)10-6-5-7-13-8-10/h10,13H,5-9H2,1-4H3/t10-/m0/s1. The van der Waals surface area contributed by atoms with Gasteiger partial charge in [0.1, 0.15) is 0 Å². The molecule has 1 fully saturated rings. The van der Waals surface area contributed by atoms with Crippen LogP contribution in [0.25, 0.3) is 0 Å². The molecule has 0 saturated carbocycles. The summed E-state index contributed by atoms with van der Waals surface area (Å²) in [5.41, 5.74) is 0.187. The zero-order valence-electron chi connectivity index (χ0n) is 10.5. The first-order valence-electron chi connectivity index (χ1n) is 5.86. The fourth-order valence-electron chi connectivity index (χ4n) is 2.16. The molecule has 0 unspecified atom stereocenters. The fraction of sp³-hybridized carbons (Fsp3) is 0.917. The zero-order chi connectivity index (χ0) is 11.5. The second-order valence-electron chi connectivity index (χ2n) is 5.80. The van der Waals surface area contributed by atoms with Crippen LogP contribution >= 0.6 is 0 Å². The Kier molecular flexibility index (Phi) is 4.14. The van der Waals surface area contributed by atoms with Crippen molar-refractivity contribution in [2.45, 2.75) is 33.6 Å². The van der Waals surface area contributed by atoms with Gasteiger partial charge in [0.2, 0.25) is 5.91 Å². The van der Waals surface area contributed by atoms with Crippen molar-refractivity contribution in [1.82, 2.24) is 10.2 Å². The molecule has 0 aromatic carbocycles. The lowest BCUT2D eigenvalue weighted by atomic mass is 9.94. The highest BCUT2D eigenvalue weighted by atomic mass is 16.2. The molecule has 0 spiro atoms. The number of carbonyl (C=O) groups is 1. The average molecular weight is 212 g/mol. The molecule has 15 heavy (non-hydrogen) atoms. The minimum absolute atomic E-state index is 0.187. The molecule has 1 aliphatic heterocycles. The molecule has 1 amide bonds.